The van der Waals surface area contributed by atoms with Crippen molar-refractivity contribution in [3.63, 3.8) is 0 Å². The van der Waals surface area contributed by atoms with Crippen LogP contribution in [0.1, 0.15) is 59.3 Å². The number of imide groups is 1. The molecule has 4 heterocycles. The predicted octanol–water partition coefficient (Wildman–Crippen LogP) is 2.86. The molecule has 7 heteroatoms. The molecule has 5 rings (SSSR count). The molecular weight excluding hydrogens is 366 g/mol. The summed E-state index contributed by atoms with van der Waals surface area (Å²) in [5.74, 6) is -1.61. The van der Waals surface area contributed by atoms with Crippen molar-refractivity contribution in [1.82, 2.24) is 0 Å². The summed E-state index contributed by atoms with van der Waals surface area (Å²) in [6.07, 6.45) is 7.46. The number of rotatable bonds is 2. The Morgan fingerprint density at radius 1 is 1.04 bits per heavy atom. The van der Waals surface area contributed by atoms with Gasteiger partial charge in [0.05, 0.1) is 36.7 Å². The highest BCUT2D eigenvalue weighted by Gasteiger charge is 2.63. The first-order chi connectivity index (χ1) is 13.1. The van der Waals surface area contributed by atoms with E-state index in [0.29, 0.717) is 10.6 Å². The molecule has 3 fully saturated rings. The van der Waals surface area contributed by atoms with Crippen molar-refractivity contribution < 1.29 is 23.9 Å². The Hall–Kier alpha value is -1.73. The number of esters is 1. The van der Waals surface area contributed by atoms with E-state index in [9.17, 15) is 14.4 Å². The maximum absolute atomic E-state index is 13.2. The molecule has 3 aliphatic heterocycles. The second kappa shape index (κ2) is 6.41. The van der Waals surface area contributed by atoms with Crippen LogP contribution in [-0.4, -0.2) is 37.1 Å². The van der Waals surface area contributed by atoms with Crippen molar-refractivity contribution in [2.24, 2.45) is 11.8 Å². The van der Waals surface area contributed by atoms with Gasteiger partial charge in [-0.2, -0.15) is 0 Å². The van der Waals surface area contributed by atoms with E-state index in [1.54, 1.807) is 0 Å². The fourth-order valence-corrected chi connectivity index (χ4v) is 6.67. The molecule has 0 aromatic carbocycles. The fourth-order valence-electron chi connectivity index (χ4n) is 5.29. The average molecular weight is 389 g/mol. The van der Waals surface area contributed by atoms with Crippen LogP contribution in [0.15, 0.2) is 0 Å². The molecule has 144 valence electrons. The molecule has 0 N–H and O–H groups in total. The van der Waals surface area contributed by atoms with Crippen LogP contribution in [0, 0.1) is 11.8 Å². The summed E-state index contributed by atoms with van der Waals surface area (Å²) in [5, 5.41) is 0.484. The topological polar surface area (TPSA) is 72.9 Å². The Morgan fingerprint density at radius 3 is 2.30 bits per heavy atom. The van der Waals surface area contributed by atoms with Gasteiger partial charge in [0.25, 0.3) is 0 Å². The Bertz CT molecular complexity index is 803. The molecule has 4 atom stereocenters. The van der Waals surface area contributed by atoms with Crippen molar-refractivity contribution in [3.05, 3.63) is 16.0 Å². The monoisotopic (exact) mass is 389 g/mol. The van der Waals surface area contributed by atoms with E-state index < -0.39 is 5.97 Å². The van der Waals surface area contributed by atoms with Crippen molar-refractivity contribution >= 4 is 34.1 Å². The van der Waals surface area contributed by atoms with Crippen LogP contribution < -0.4 is 4.90 Å². The van der Waals surface area contributed by atoms with E-state index in [2.05, 4.69) is 0 Å². The van der Waals surface area contributed by atoms with Crippen molar-refractivity contribution in [3.8, 4) is 0 Å². The van der Waals surface area contributed by atoms with Gasteiger partial charge in [-0.1, -0.05) is 12.8 Å². The Balaban J connectivity index is 1.60. The second-order valence-corrected chi connectivity index (χ2v) is 9.03. The fraction of sp³-hybridized carbons (Fsp3) is 0.650. The van der Waals surface area contributed by atoms with Gasteiger partial charge in [0.15, 0.2) is 0 Å². The second-order valence-electron chi connectivity index (χ2n) is 7.94. The minimum atomic E-state index is -0.444. The molecule has 4 unspecified atom stereocenters. The molecule has 6 nitrogen and oxygen atoms in total. The van der Waals surface area contributed by atoms with Crippen LogP contribution in [0.3, 0.4) is 0 Å². The molecule has 3 saturated heterocycles. The van der Waals surface area contributed by atoms with E-state index in [4.69, 9.17) is 9.47 Å². The molecule has 1 aromatic heterocycles. The molecule has 1 aliphatic carbocycles. The number of thiophene rings is 1. The lowest BCUT2D eigenvalue weighted by Crippen LogP contribution is -2.34. The molecule has 4 aliphatic rings. The van der Waals surface area contributed by atoms with Gasteiger partial charge in [-0.3, -0.25) is 9.59 Å². The van der Waals surface area contributed by atoms with Crippen LogP contribution in [0.4, 0.5) is 5.00 Å². The first-order valence-electron chi connectivity index (χ1n) is 9.88. The number of hydrogen-bond acceptors (Lipinski definition) is 6. The van der Waals surface area contributed by atoms with E-state index >= 15 is 0 Å². The smallest absolute Gasteiger partial charge is 0.341 e. The third-order valence-corrected chi connectivity index (χ3v) is 7.81. The maximum Gasteiger partial charge on any atom is 0.341 e. The van der Waals surface area contributed by atoms with Crippen LogP contribution in [0.25, 0.3) is 0 Å². The van der Waals surface area contributed by atoms with Gasteiger partial charge in [0, 0.05) is 4.88 Å². The molecule has 2 bridgehead atoms. The van der Waals surface area contributed by atoms with Crippen LogP contribution >= 0.6 is 11.3 Å². The third-order valence-electron chi connectivity index (χ3n) is 6.53. The van der Waals surface area contributed by atoms with Crippen LogP contribution in [0.2, 0.25) is 0 Å². The molecule has 27 heavy (non-hydrogen) atoms. The van der Waals surface area contributed by atoms with Gasteiger partial charge in [0.1, 0.15) is 5.00 Å². The summed E-state index contributed by atoms with van der Waals surface area (Å²) < 4.78 is 10.9. The largest absolute Gasteiger partial charge is 0.465 e. The van der Waals surface area contributed by atoms with Gasteiger partial charge in [0.2, 0.25) is 11.8 Å². The maximum atomic E-state index is 13.2. The van der Waals surface area contributed by atoms with Crippen LogP contribution in [0.5, 0.6) is 0 Å². The van der Waals surface area contributed by atoms with E-state index in [-0.39, 0.29) is 35.9 Å². The van der Waals surface area contributed by atoms with E-state index in [1.807, 2.05) is 0 Å². The SMILES string of the molecule is COC(=O)c1c(N2C(=O)C3C4CCC(O4)C3C2=O)sc2c1CCCCCC2. The van der Waals surface area contributed by atoms with Gasteiger partial charge in [-0.25, -0.2) is 9.69 Å². The molecule has 0 spiro atoms. The number of anilines is 1. The highest BCUT2D eigenvalue weighted by Crippen LogP contribution is 2.51. The summed E-state index contributed by atoms with van der Waals surface area (Å²) in [6.45, 7) is 0. The number of carbonyl (C=O) groups excluding carboxylic acids is 3. The summed E-state index contributed by atoms with van der Waals surface area (Å²) >= 11 is 1.44. The van der Waals surface area contributed by atoms with Gasteiger partial charge in [-0.05, 0) is 44.1 Å². The van der Waals surface area contributed by atoms with Gasteiger partial charge >= 0.3 is 5.97 Å². The number of ether oxygens (including phenoxy) is 2. The summed E-state index contributed by atoms with van der Waals surface area (Å²) in [5.41, 5.74) is 1.42. The summed E-state index contributed by atoms with van der Waals surface area (Å²) in [7, 11) is 1.36. The number of hydrogen-bond donors (Lipinski definition) is 0. The molecule has 0 radical (unpaired) electrons. The Labute approximate surface area is 161 Å². The minimum Gasteiger partial charge on any atom is -0.465 e. The summed E-state index contributed by atoms with van der Waals surface area (Å²) in [4.78, 5) is 41.4. The predicted molar refractivity (Wildman–Crippen MR) is 98.9 cm³/mol. The van der Waals surface area contributed by atoms with Gasteiger partial charge in [-0.15, -0.1) is 11.3 Å². The average Bonchev–Trinajstić information content (AvgIpc) is 3.38. The number of methoxy groups -OCH3 is 1. The zero-order valence-electron chi connectivity index (χ0n) is 15.4. The highest BCUT2D eigenvalue weighted by molar-refractivity contribution is 7.17. The van der Waals surface area contributed by atoms with Crippen molar-refractivity contribution in [2.75, 3.05) is 12.0 Å². The lowest BCUT2D eigenvalue weighted by Gasteiger charge is -2.17. The molecule has 1 aromatic rings. The minimum absolute atomic E-state index is 0.149. The normalized spacial score (nSPS) is 32.3. The van der Waals surface area contributed by atoms with Crippen molar-refractivity contribution in [2.45, 2.75) is 63.6 Å². The van der Waals surface area contributed by atoms with Crippen molar-refractivity contribution in [1.29, 1.82) is 0 Å². The number of amides is 2. The Morgan fingerprint density at radius 2 is 1.67 bits per heavy atom. The number of nitrogens with zero attached hydrogens (tertiary/aromatic N) is 1. The standard InChI is InChI=1S/C20H23NO5S/c1-25-20(24)14-10-6-4-2-3-5-7-13(10)27-19(14)21-17(22)15-11-8-9-12(26-11)16(15)18(21)23/h11-12,15-16H,2-9H2,1H3. The molecular formula is C20H23NO5S. The first-order valence-corrected chi connectivity index (χ1v) is 10.7. The zero-order valence-corrected chi connectivity index (χ0v) is 16.2. The lowest BCUT2D eigenvalue weighted by atomic mass is 9.81. The Kier molecular flexibility index (Phi) is 4.13. The quantitative estimate of drug-likeness (QED) is 0.574. The zero-order chi connectivity index (χ0) is 18.7. The number of aryl methyl sites for hydroxylation is 1. The number of carbonyl (C=O) groups is 3. The van der Waals surface area contributed by atoms with E-state index in [1.165, 1.54) is 29.8 Å². The number of fused-ring (bicyclic) bond motifs is 6. The summed E-state index contributed by atoms with van der Waals surface area (Å²) in [6, 6.07) is 0. The van der Waals surface area contributed by atoms with Crippen LogP contribution in [-0.2, 0) is 31.9 Å². The lowest BCUT2D eigenvalue weighted by molar-refractivity contribution is -0.124. The third kappa shape index (κ3) is 2.44. The first kappa shape index (κ1) is 17.4. The van der Waals surface area contributed by atoms with E-state index in [0.717, 1.165) is 55.4 Å². The molecule has 0 saturated carbocycles. The van der Waals surface area contributed by atoms with Gasteiger partial charge < -0.3 is 9.47 Å². The molecule has 2 amide bonds. The highest BCUT2D eigenvalue weighted by atomic mass is 32.1.